The van der Waals surface area contributed by atoms with Gasteiger partial charge in [-0.1, -0.05) is 27.7 Å². The van der Waals surface area contributed by atoms with Crippen LogP contribution in [0.5, 0.6) is 0 Å². The fourth-order valence-electron chi connectivity index (χ4n) is 2.13. The maximum atomic E-state index is 11.0. The summed E-state index contributed by atoms with van der Waals surface area (Å²) in [5.74, 6) is -0.228. The first-order valence-electron chi connectivity index (χ1n) is 5.29. The van der Waals surface area contributed by atoms with Gasteiger partial charge in [0.2, 0.25) is 0 Å². The lowest BCUT2D eigenvalue weighted by atomic mass is 9.82. The Bertz CT molecular complexity index is 215. The normalized spacial score (nSPS) is 23.2. The van der Waals surface area contributed by atoms with E-state index in [1.165, 1.54) is 0 Å². The third kappa shape index (κ3) is 2.71. The lowest BCUT2D eigenvalue weighted by Gasteiger charge is -2.48. The van der Waals surface area contributed by atoms with Gasteiger partial charge in [-0.15, -0.1) is 0 Å². The number of nitrogens with zero attached hydrogens (tertiary/aromatic N) is 1. The van der Waals surface area contributed by atoms with Crippen LogP contribution in [0.2, 0.25) is 0 Å². The van der Waals surface area contributed by atoms with E-state index in [0.717, 1.165) is 19.5 Å². The summed E-state index contributed by atoms with van der Waals surface area (Å²) in [7, 11) is 0. The number of hydrogen-bond acceptors (Lipinski definition) is 2. The van der Waals surface area contributed by atoms with Gasteiger partial charge in [0.25, 0.3) is 0 Å². The van der Waals surface area contributed by atoms with Gasteiger partial charge >= 0.3 is 5.97 Å². The van der Waals surface area contributed by atoms with Crippen molar-refractivity contribution in [1.29, 1.82) is 0 Å². The molecule has 1 aliphatic heterocycles. The van der Waals surface area contributed by atoms with Gasteiger partial charge in [-0.25, -0.2) is 0 Å². The second-order valence-electron chi connectivity index (χ2n) is 5.55. The molecular weight excluding hydrogens is 178 g/mol. The highest BCUT2D eigenvalue weighted by Crippen LogP contribution is 2.32. The first kappa shape index (κ1) is 11.5. The molecule has 1 N–H and O–H groups in total. The molecule has 1 atom stereocenters. The number of likely N-dealkylation sites (tertiary alicyclic amines) is 1. The topological polar surface area (TPSA) is 40.5 Å². The third-order valence-electron chi connectivity index (χ3n) is 2.68. The van der Waals surface area contributed by atoms with E-state index in [0.29, 0.717) is 11.3 Å². The van der Waals surface area contributed by atoms with E-state index in [2.05, 4.69) is 32.6 Å². The molecule has 0 amide bonds. The Kier molecular flexibility index (Phi) is 3.20. The number of rotatable bonds is 4. The van der Waals surface area contributed by atoms with E-state index in [1.54, 1.807) is 0 Å². The zero-order valence-corrected chi connectivity index (χ0v) is 9.58. The minimum absolute atomic E-state index is 0.275. The molecule has 0 saturated carbocycles. The molecule has 3 nitrogen and oxygen atoms in total. The first-order chi connectivity index (χ1) is 6.32. The molecule has 0 spiro atoms. The average molecular weight is 199 g/mol. The van der Waals surface area contributed by atoms with Crippen LogP contribution >= 0.6 is 0 Å². The molecule has 0 bridgehead atoms. The summed E-state index contributed by atoms with van der Waals surface area (Å²) in [5.41, 5.74) is 0.310. The van der Waals surface area contributed by atoms with Crippen LogP contribution in [0.1, 0.15) is 34.1 Å². The largest absolute Gasteiger partial charge is 0.480 e. The van der Waals surface area contributed by atoms with E-state index in [-0.39, 0.29) is 6.04 Å². The number of aliphatic carboxylic acids is 1. The van der Waals surface area contributed by atoms with Crippen LogP contribution in [0, 0.1) is 11.3 Å². The van der Waals surface area contributed by atoms with E-state index < -0.39 is 5.97 Å². The summed E-state index contributed by atoms with van der Waals surface area (Å²) in [5, 5.41) is 9.09. The quantitative estimate of drug-likeness (QED) is 0.751. The highest BCUT2D eigenvalue weighted by atomic mass is 16.4. The molecule has 1 aliphatic rings. The van der Waals surface area contributed by atoms with Crippen LogP contribution in [-0.4, -0.2) is 35.1 Å². The number of carbonyl (C=O) groups is 1. The fourth-order valence-corrected chi connectivity index (χ4v) is 2.13. The van der Waals surface area contributed by atoms with Gasteiger partial charge in [-0.05, 0) is 17.8 Å². The SMILES string of the molecule is CC(C)CC(C(=O)O)N1CC(C)(C)C1. The summed E-state index contributed by atoms with van der Waals surface area (Å²) in [4.78, 5) is 13.1. The maximum Gasteiger partial charge on any atom is 0.320 e. The van der Waals surface area contributed by atoms with Crippen molar-refractivity contribution in [2.24, 2.45) is 11.3 Å². The minimum Gasteiger partial charge on any atom is -0.480 e. The minimum atomic E-state index is -0.672. The zero-order valence-electron chi connectivity index (χ0n) is 9.58. The molecule has 1 unspecified atom stereocenters. The molecule has 0 aromatic heterocycles. The summed E-state index contributed by atoms with van der Waals surface area (Å²) in [6, 6.07) is -0.275. The number of carboxylic acids is 1. The van der Waals surface area contributed by atoms with Gasteiger partial charge < -0.3 is 5.11 Å². The Morgan fingerprint density at radius 2 is 1.93 bits per heavy atom. The summed E-state index contributed by atoms with van der Waals surface area (Å²) < 4.78 is 0. The second kappa shape index (κ2) is 3.89. The van der Waals surface area contributed by atoms with E-state index in [9.17, 15) is 4.79 Å². The van der Waals surface area contributed by atoms with Crippen molar-refractivity contribution in [3.63, 3.8) is 0 Å². The van der Waals surface area contributed by atoms with Crippen molar-refractivity contribution in [2.75, 3.05) is 13.1 Å². The van der Waals surface area contributed by atoms with Crippen molar-refractivity contribution in [3.05, 3.63) is 0 Å². The highest BCUT2D eigenvalue weighted by molar-refractivity contribution is 5.73. The third-order valence-corrected chi connectivity index (χ3v) is 2.68. The van der Waals surface area contributed by atoms with Crippen molar-refractivity contribution in [2.45, 2.75) is 40.2 Å². The Labute approximate surface area is 86.1 Å². The Morgan fingerprint density at radius 3 is 2.21 bits per heavy atom. The number of hydrogen-bond donors (Lipinski definition) is 1. The van der Waals surface area contributed by atoms with Crippen LogP contribution in [0.15, 0.2) is 0 Å². The summed E-state index contributed by atoms with van der Waals surface area (Å²) in [6.45, 7) is 10.3. The van der Waals surface area contributed by atoms with Gasteiger partial charge in [0, 0.05) is 13.1 Å². The smallest absolute Gasteiger partial charge is 0.320 e. The van der Waals surface area contributed by atoms with Crippen molar-refractivity contribution >= 4 is 5.97 Å². The highest BCUT2D eigenvalue weighted by Gasteiger charge is 2.40. The lowest BCUT2D eigenvalue weighted by Crippen LogP contribution is -2.59. The monoisotopic (exact) mass is 199 g/mol. The van der Waals surface area contributed by atoms with Gasteiger partial charge in [-0.2, -0.15) is 0 Å². The standard InChI is InChI=1S/C11H21NO2/c1-8(2)5-9(10(13)14)12-6-11(3,4)7-12/h8-9H,5-7H2,1-4H3,(H,13,14). The van der Waals surface area contributed by atoms with Crippen LogP contribution in [-0.2, 0) is 4.79 Å². The van der Waals surface area contributed by atoms with E-state index in [4.69, 9.17) is 5.11 Å². The molecule has 0 aromatic carbocycles. The van der Waals surface area contributed by atoms with Crippen molar-refractivity contribution in [1.82, 2.24) is 4.90 Å². The Balaban J connectivity index is 2.49. The molecule has 1 saturated heterocycles. The molecule has 3 heteroatoms. The van der Waals surface area contributed by atoms with Gasteiger partial charge in [-0.3, -0.25) is 9.69 Å². The first-order valence-corrected chi connectivity index (χ1v) is 5.29. The number of carboxylic acid groups (broad SMARTS) is 1. The molecule has 0 radical (unpaired) electrons. The predicted octanol–water partition coefficient (Wildman–Crippen LogP) is 1.83. The zero-order chi connectivity index (χ0) is 10.9. The molecule has 1 rings (SSSR count). The van der Waals surface area contributed by atoms with Crippen LogP contribution in [0.3, 0.4) is 0 Å². The summed E-state index contributed by atoms with van der Waals surface area (Å²) in [6.07, 6.45) is 0.755. The van der Waals surface area contributed by atoms with Gasteiger partial charge in [0.05, 0.1) is 0 Å². The van der Waals surface area contributed by atoms with Gasteiger partial charge in [0.1, 0.15) is 6.04 Å². The molecule has 14 heavy (non-hydrogen) atoms. The maximum absolute atomic E-state index is 11.0. The van der Waals surface area contributed by atoms with Crippen LogP contribution in [0.4, 0.5) is 0 Å². The van der Waals surface area contributed by atoms with Crippen molar-refractivity contribution in [3.8, 4) is 0 Å². The molecular formula is C11H21NO2. The lowest BCUT2D eigenvalue weighted by molar-refractivity contribution is -0.149. The van der Waals surface area contributed by atoms with Crippen LogP contribution in [0.25, 0.3) is 0 Å². The predicted molar refractivity (Wildman–Crippen MR) is 56.2 cm³/mol. The molecule has 0 aromatic rings. The fraction of sp³-hybridized carbons (Fsp3) is 0.909. The van der Waals surface area contributed by atoms with Crippen LogP contribution < -0.4 is 0 Å². The average Bonchev–Trinajstić information content (AvgIpc) is 1.94. The Hall–Kier alpha value is -0.570. The van der Waals surface area contributed by atoms with E-state index in [1.807, 2.05) is 0 Å². The Morgan fingerprint density at radius 1 is 1.43 bits per heavy atom. The van der Waals surface area contributed by atoms with E-state index >= 15 is 0 Å². The molecule has 0 aliphatic carbocycles. The van der Waals surface area contributed by atoms with Gasteiger partial charge in [0.15, 0.2) is 0 Å². The molecule has 82 valence electrons. The molecule has 1 heterocycles. The second-order valence-corrected chi connectivity index (χ2v) is 5.55. The molecule has 1 fully saturated rings. The van der Waals surface area contributed by atoms with Crippen molar-refractivity contribution < 1.29 is 9.90 Å². The summed E-state index contributed by atoms with van der Waals surface area (Å²) >= 11 is 0.